The minimum absolute atomic E-state index is 0.0170. The molecule has 0 spiro atoms. The number of rotatable bonds is 16. The molecule has 8 nitrogen and oxygen atoms in total. The van der Waals surface area contributed by atoms with E-state index in [1.54, 1.807) is 48.0 Å². The van der Waals surface area contributed by atoms with E-state index in [-0.39, 0.29) is 37.8 Å². The number of ketones is 1. The normalized spacial score (nSPS) is 13.1. The number of Topliss-reactive ketones (excluding diaryl/α,β-unsaturated/α-hetero) is 1. The fourth-order valence-corrected chi connectivity index (χ4v) is 5.75. The molecule has 2 aromatic heterocycles. The molecule has 11 heteroatoms. The van der Waals surface area contributed by atoms with E-state index >= 15 is 4.39 Å². The standard InChI is InChI=1S/C34H42F2N2O6Si/c1-34(40,15-14-27(39)23-10-11-28(44-17-16-35)30(20-23)42-3)31-13-12-29(41-2)32(37-31)25-21-38(22-43-18-19-45(4,5)6)33-24(25)8-7-9-26(33)36/h7-13,20-21,40H,14-19,22H2,1-6H3. The highest BCUT2D eigenvalue weighted by Crippen LogP contribution is 2.38. The summed E-state index contributed by atoms with van der Waals surface area (Å²) in [6.07, 6.45) is 1.89. The van der Waals surface area contributed by atoms with Crippen LogP contribution in [0, 0.1) is 5.82 Å². The van der Waals surface area contributed by atoms with Crippen molar-refractivity contribution in [2.24, 2.45) is 0 Å². The van der Waals surface area contributed by atoms with Gasteiger partial charge in [0.2, 0.25) is 0 Å². The Kier molecular flexibility index (Phi) is 11.0. The van der Waals surface area contributed by atoms with Crippen LogP contribution >= 0.6 is 0 Å². The first-order valence-electron chi connectivity index (χ1n) is 14.9. The number of fused-ring (bicyclic) bond motifs is 1. The summed E-state index contributed by atoms with van der Waals surface area (Å²) in [5.41, 5.74) is 0.693. The maximum atomic E-state index is 15.1. The lowest BCUT2D eigenvalue weighted by molar-refractivity contribution is 0.0397. The molecule has 0 amide bonds. The zero-order valence-electron chi connectivity index (χ0n) is 26.8. The summed E-state index contributed by atoms with van der Waals surface area (Å²) in [6.45, 7) is 8.42. The summed E-state index contributed by atoms with van der Waals surface area (Å²) < 4.78 is 51.6. The Bertz CT molecular complexity index is 1630. The number of ether oxygens (including phenoxy) is 4. The predicted octanol–water partition coefficient (Wildman–Crippen LogP) is 7.39. The number of halogens is 2. The number of carbonyl (C=O) groups is 1. The molecule has 242 valence electrons. The van der Waals surface area contributed by atoms with Crippen LogP contribution in [0.1, 0.15) is 35.8 Å². The zero-order valence-corrected chi connectivity index (χ0v) is 27.8. The lowest BCUT2D eigenvalue weighted by Gasteiger charge is -2.23. The third kappa shape index (κ3) is 8.27. The molecule has 0 saturated carbocycles. The molecule has 0 fully saturated rings. The van der Waals surface area contributed by atoms with Gasteiger partial charge in [-0.1, -0.05) is 31.8 Å². The third-order valence-corrected chi connectivity index (χ3v) is 9.32. The summed E-state index contributed by atoms with van der Waals surface area (Å²) in [5.74, 6) is 0.516. The van der Waals surface area contributed by atoms with Gasteiger partial charge in [-0.2, -0.15) is 0 Å². The number of para-hydroxylation sites is 1. The van der Waals surface area contributed by atoms with Gasteiger partial charge in [0.1, 0.15) is 42.9 Å². The first-order valence-corrected chi connectivity index (χ1v) is 18.6. The molecular formula is C34H42F2N2O6Si. The summed E-state index contributed by atoms with van der Waals surface area (Å²) in [6, 6.07) is 13.9. The Morgan fingerprint density at radius 2 is 1.76 bits per heavy atom. The molecule has 0 aliphatic carbocycles. The van der Waals surface area contributed by atoms with E-state index in [4.69, 9.17) is 23.9 Å². The van der Waals surface area contributed by atoms with Gasteiger partial charge < -0.3 is 28.6 Å². The van der Waals surface area contributed by atoms with E-state index in [2.05, 4.69) is 19.6 Å². The van der Waals surface area contributed by atoms with E-state index in [1.807, 2.05) is 6.07 Å². The number of carbonyl (C=O) groups excluding carboxylic acids is 1. The van der Waals surface area contributed by atoms with Gasteiger partial charge in [-0.25, -0.2) is 13.8 Å². The first-order chi connectivity index (χ1) is 21.4. The van der Waals surface area contributed by atoms with Gasteiger partial charge in [0, 0.05) is 43.8 Å². The molecule has 0 bridgehead atoms. The van der Waals surface area contributed by atoms with E-state index in [9.17, 15) is 14.3 Å². The average molecular weight is 641 g/mol. The summed E-state index contributed by atoms with van der Waals surface area (Å²) in [4.78, 5) is 17.9. The van der Waals surface area contributed by atoms with Crippen molar-refractivity contribution in [3.05, 3.63) is 71.8 Å². The van der Waals surface area contributed by atoms with Crippen molar-refractivity contribution in [3.8, 4) is 28.5 Å². The summed E-state index contributed by atoms with van der Waals surface area (Å²) in [7, 11) is 1.68. The van der Waals surface area contributed by atoms with Crippen molar-refractivity contribution in [1.82, 2.24) is 9.55 Å². The molecule has 0 aliphatic rings. The SMILES string of the molecule is COc1cc(C(=O)CCC(C)(O)c2ccc(OC)c(-c3cn(COCC[Si](C)(C)C)c4c(F)cccc34)n2)ccc1OCCF. The van der Waals surface area contributed by atoms with Crippen LogP contribution in [0.2, 0.25) is 25.7 Å². The van der Waals surface area contributed by atoms with Crippen molar-refractivity contribution in [1.29, 1.82) is 0 Å². The van der Waals surface area contributed by atoms with E-state index in [0.717, 1.165) is 6.04 Å². The van der Waals surface area contributed by atoms with Gasteiger partial charge in [0.05, 0.1) is 25.4 Å². The Morgan fingerprint density at radius 3 is 2.44 bits per heavy atom. The largest absolute Gasteiger partial charge is 0.494 e. The second-order valence-corrected chi connectivity index (χ2v) is 18.0. The molecule has 0 radical (unpaired) electrons. The Labute approximate surface area is 263 Å². The second kappa shape index (κ2) is 14.5. The second-order valence-electron chi connectivity index (χ2n) is 12.3. The van der Waals surface area contributed by atoms with Gasteiger partial charge in [-0.15, -0.1) is 0 Å². The Hall–Kier alpha value is -3.80. The van der Waals surface area contributed by atoms with Crippen molar-refractivity contribution in [2.45, 2.75) is 57.8 Å². The van der Waals surface area contributed by atoms with E-state index in [0.29, 0.717) is 57.3 Å². The van der Waals surface area contributed by atoms with Crippen LogP contribution in [-0.4, -0.2) is 62.6 Å². The topological polar surface area (TPSA) is 92.0 Å². The lowest BCUT2D eigenvalue weighted by Crippen LogP contribution is -2.24. The number of hydrogen-bond donors (Lipinski definition) is 1. The smallest absolute Gasteiger partial charge is 0.163 e. The molecule has 4 aromatic rings. The molecule has 45 heavy (non-hydrogen) atoms. The van der Waals surface area contributed by atoms with Crippen LogP contribution in [0.4, 0.5) is 8.78 Å². The molecule has 2 aromatic carbocycles. The zero-order chi connectivity index (χ0) is 32.8. The molecule has 1 atom stereocenters. The Balaban J connectivity index is 1.59. The summed E-state index contributed by atoms with van der Waals surface area (Å²) >= 11 is 0. The van der Waals surface area contributed by atoms with Crippen LogP contribution in [-0.2, 0) is 17.1 Å². The molecule has 2 heterocycles. The van der Waals surface area contributed by atoms with Crippen LogP contribution in [0.15, 0.2) is 54.7 Å². The van der Waals surface area contributed by atoms with Crippen molar-refractivity contribution >= 4 is 24.8 Å². The average Bonchev–Trinajstić information content (AvgIpc) is 3.39. The molecular weight excluding hydrogens is 598 g/mol. The fourth-order valence-electron chi connectivity index (χ4n) is 4.99. The maximum Gasteiger partial charge on any atom is 0.163 e. The van der Waals surface area contributed by atoms with Crippen LogP contribution < -0.4 is 14.2 Å². The maximum absolute atomic E-state index is 15.1. The quantitative estimate of drug-likeness (QED) is 0.0776. The van der Waals surface area contributed by atoms with Crippen LogP contribution in [0.25, 0.3) is 22.2 Å². The molecule has 4 rings (SSSR count). The number of alkyl halides is 1. The monoisotopic (exact) mass is 640 g/mol. The van der Waals surface area contributed by atoms with E-state index in [1.165, 1.54) is 26.4 Å². The number of nitrogens with zero attached hydrogens (tertiary/aromatic N) is 2. The highest BCUT2D eigenvalue weighted by atomic mass is 28.3. The minimum Gasteiger partial charge on any atom is -0.494 e. The fraction of sp³-hybridized carbons (Fsp3) is 0.412. The van der Waals surface area contributed by atoms with Gasteiger partial charge in [0.25, 0.3) is 0 Å². The summed E-state index contributed by atoms with van der Waals surface area (Å²) in [5, 5.41) is 12.1. The number of aliphatic hydroxyl groups is 1. The van der Waals surface area contributed by atoms with E-state index < -0.39 is 20.3 Å². The number of methoxy groups -OCH3 is 2. The van der Waals surface area contributed by atoms with Crippen molar-refractivity contribution in [3.63, 3.8) is 0 Å². The highest BCUT2D eigenvalue weighted by Gasteiger charge is 2.28. The first kappa shape index (κ1) is 34.1. The highest BCUT2D eigenvalue weighted by molar-refractivity contribution is 6.76. The minimum atomic E-state index is -1.48. The number of hydrogen-bond acceptors (Lipinski definition) is 7. The Morgan fingerprint density at radius 1 is 1.02 bits per heavy atom. The number of aromatic nitrogens is 2. The van der Waals surface area contributed by atoms with Gasteiger partial charge in [-0.3, -0.25) is 4.79 Å². The number of benzene rings is 2. The van der Waals surface area contributed by atoms with Crippen LogP contribution in [0.3, 0.4) is 0 Å². The van der Waals surface area contributed by atoms with Crippen LogP contribution in [0.5, 0.6) is 17.2 Å². The molecule has 0 aliphatic heterocycles. The molecule has 1 N–H and O–H groups in total. The predicted molar refractivity (Wildman–Crippen MR) is 173 cm³/mol. The van der Waals surface area contributed by atoms with Gasteiger partial charge in [0.15, 0.2) is 17.3 Å². The van der Waals surface area contributed by atoms with Crippen molar-refractivity contribution in [2.75, 3.05) is 34.1 Å². The third-order valence-electron chi connectivity index (χ3n) is 7.62. The molecule has 1 unspecified atom stereocenters. The van der Waals surface area contributed by atoms with Crippen molar-refractivity contribution < 1.29 is 37.6 Å². The molecule has 0 saturated heterocycles. The van der Waals surface area contributed by atoms with Gasteiger partial charge >= 0.3 is 0 Å². The number of pyridine rings is 1. The van der Waals surface area contributed by atoms with Gasteiger partial charge in [-0.05, 0) is 55.8 Å². The lowest BCUT2D eigenvalue weighted by atomic mass is 9.92.